The summed E-state index contributed by atoms with van der Waals surface area (Å²) < 4.78 is 2.07. The van der Waals surface area contributed by atoms with E-state index < -0.39 is 0 Å². The predicted molar refractivity (Wildman–Crippen MR) is 74.7 cm³/mol. The van der Waals surface area contributed by atoms with Crippen LogP contribution in [0.15, 0.2) is 30.5 Å². The van der Waals surface area contributed by atoms with Crippen LogP contribution in [-0.4, -0.2) is 16.8 Å². The van der Waals surface area contributed by atoms with Crippen LogP contribution in [0.2, 0.25) is 0 Å². The summed E-state index contributed by atoms with van der Waals surface area (Å²) in [6.07, 6.45) is 1.96. The molecule has 1 aromatic carbocycles. The van der Waals surface area contributed by atoms with Crippen molar-refractivity contribution < 1.29 is 0 Å². The maximum Gasteiger partial charge on any atom is 0.0662 e. The smallest absolute Gasteiger partial charge is 0.0662 e. The Morgan fingerprint density at radius 2 is 2.11 bits per heavy atom. The standard InChI is InChI=1S/C15H21N3/c1-11-6-5-7-14(8-11)10-18-13(3)15(9-17-18)12(2)16-4/h5-9,12,16H,10H2,1-4H3. The predicted octanol–water partition coefficient (Wildman–Crippen LogP) is 2.83. The van der Waals surface area contributed by atoms with Crippen molar-refractivity contribution in [2.45, 2.75) is 33.4 Å². The summed E-state index contributed by atoms with van der Waals surface area (Å²) in [6, 6.07) is 8.92. The van der Waals surface area contributed by atoms with Gasteiger partial charge in [0.05, 0.1) is 12.7 Å². The molecule has 0 aliphatic carbocycles. The average Bonchev–Trinajstić information content (AvgIpc) is 2.70. The van der Waals surface area contributed by atoms with Gasteiger partial charge < -0.3 is 5.32 Å². The number of hydrogen-bond donors (Lipinski definition) is 1. The van der Waals surface area contributed by atoms with Gasteiger partial charge in [0.2, 0.25) is 0 Å². The highest BCUT2D eigenvalue weighted by Gasteiger charge is 2.11. The van der Waals surface area contributed by atoms with E-state index in [9.17, 15) is 0 Å². The summed E-state index contributed by atoms with van der Waals surface area (Å²) in [7, 11) is 1.97. The van der Waals surface area contributed by atoms with E-state index in [0.29, 0.717) is 6.04 Å². The van der Waals surface area contributed by atoms with Crippen LogP contribution in [0.5, 0.6) is 0 Å². The molecule has 0 saturated carbocycles. The number of rotatable bonds is 4. The third kappa shape index (κ3) is 2.62. The molecule has 3 nitrogen and oxygen atoms in total. The molecule has 1 N–H and O–H groups in total. The van der Waals surface area contributed by atoms with Gasteiger partial charge in [0.25, 0.3) is 0 Å². The summed E-state index contributed by atoms with van der Waals surface area (Å²) in [6.45, 7) is 7.24. The molecule has 0 fully saturated rings. The summed E-state index contributed by atoms with van der Waals surface area (Å²) in [5.41, 5.74) is 5.09. The highest BCUT2D eigenvalue weighted by Crippen LogP contribution is 2.17. The molecule has 1 unspecified atom stereocenters. The van der Waals surface area contributed by atoms with E-state index in [-0.39, 0.29) is 0 Å². The number of benzene rings is 1. The molecule has 0 spiro atoms. The van der Waals surface area contributed by atoms with Crippen molar-refractivity contribution >= 4 is 0 Å². The van der Waals surface area contributed by atoms with Gasteiger partial charge >= 0.3 is 0 Å². The van der Waals surface area contributed by atoms with Crippen molar-refractivity contribution in [1.82, 2.24) is 15.1 Å². The molecule has 0 saturated heterocycles. The van der Waals surface area contributed by atoms with E-state index in [4.69, 9.17) is 0 Å². The van der Waals surface area contributed by atoms with Gasteiger partial charge in [-0.3, -0.25) is 4.68 Å². The van der Waals surface area contributed by atoms with Gasteiger partial charge in [-0.1, -0.05) is 29.8 Å². The van der Waals surface area contributed by atoms with E-state index in [2.05, 4.69) is 60.1 Å². The molecule has 1 aromatic heterocycles. The Morgan fingerprint density at radius 3 is 2.78 bits per heavy atom. The number of aryl methyl sites for hydroxylation is 1. The Hall–Kier alpha value is -1.61. The lowest BCUT2D eigenvalue weighted by molar-refractivity contribution is 0.632. The Bertz CT molecular complexity index is 528. The van der Waals surface area contributed by atoms with E-state index in [1.54, 1.807) is 0 Å². The van der Waals surface area contributed by atoms with Crippen LogP contribution in [0.4, 0.5) is 0 Å². The normalized spacial score (nSPS) is 12.7. The molecule has 96 valence electrons. The summed E-state index contributed by atoms with van der Waals surface area (Å²) >= 11 is 0. The Kier molecular flexibility index (Phi) is 3.82. The third-order valence-electron chi connectivity index (χ3n) is 3.46. The lowest BCUT2D eigenvalue weighted by atomic mass is 10.1. The van der Waals surface area contributed by atoms with Crippen LogP contribution >= 0.6 is 0 Å². The summed E-state index contributed by atoms with van der Waals surface area (Å²) in [4.78, 5) is 0. The quantitative estimate of drug-likeness (QED) is 0.895. The van der Waals surface area contributed by atoms with Gasteiger partial charge in [0.1, 0.15) is 0 Å². The topological polar surface area (TPSA) is 29.9 Å². The fraction of sp³-hybridized carbons (Fsp3) is 0.400. The third-order valence-corrected chi connectivity index (χ3v) is 3.46. The Morgan fingerprint density at radius 1 is 1.33 bits per heavy atom. The van der Waals surface area contributed by atoms with E-state index in [0.717, 1.165) is 6.54 Å². The largest absolute Gasteiger partial charge is 0.313 e. The second-order valence-corrected chi connectivity index (χ2v) is 4.84. The zero-order chi connectivity index (χ0) is 13.1. The number of aromatic nitrogens is 2. The fourth-order valence-electron chi connectivity index (χ4n) is 2.18. The van der Waals surface area contributed by atoms with E-state index >= 15 is 0 Å². The first-order valence-electron chi connectivity index (χ1n) is 6.37. The molecule has 0 amide bonds. The molecule has 1 atom stereocenters. The van der Waals surface area contributed by atoms with Crippen molar-refractivity contribution in [3.05, 3.63) is 52.8 Å². The molecule has 18 heavy (non-hydrogen) atoms. The number of nitrogens with zero attached hydrogens (tertiary/aromatic N) is 2. The minimum absolute atomic E-state index is 0.344. The van der Waals surface area contributed by atoms with Crippen LogP contribution < -0.4 is 5.32 Å². The van der Waals surface area contributed by atoms with Crippen LogP contribution in [0, 0.1) is 13.8 Å². The maximum atomic E-state index is 4.49. The summed E-state index contributed by atoms with van der Waals surface area (Å²) in [5.74, 6) is 0. The van der Waals surface area contributed by atoms with Gasteiger partial charge in [-0.25, -0.2) is 0 Å². The molecular weight excluding hydrogens is 222 g/mol. The molecule has 3 heteroatoms. The van der Waals surface area contributed by atoms with Gasteiger partial charge in [0, 0.05) is 17.3 Å². The monoisotopic (exact) mass is 243 g/mol. The van der Waals surface area contributed by atoms with Crippen LogP contribution in [0.3, 0.4) is 0 Å². The number of nitrogens with one attached hydrogen (secondary N) is 1. The summed E-state index contributed by atoms with van der Waals surface area (Å²) in [5, 5.41) is 7.74. The number of hydrogen-bond acceptors (Lipinski definition) is 2. The first-order chi connectivity index (χ1) is 8.61. The second kappa shape index (κ2) is 5.36. The molecule has 0 bridgehead atoms. The van der Waals surface area contributed by atoms with Gasteiger partial charge in [-0.05, 0) is 33.4 Å². The van der Waals surface area contributed by atoms with Crippen molar-refractivity contribution in [2.24, 2.45) is 0 Å². The first kappa shape index (κ1) is 12.8. The van der Waals surface area contributed by atoms with E-state index in [1.165, 1.54) is 22.4 Å². The highest BCUT2D eigenvalue weighted by atomic mass is 15.3. The maximum absolute atomic E-state index is 4.49. The van der Waals surface area contributed by atoms with Crippen molar-refractivity contribution in [1.29, 1.82) is 0 Å². The van der Waals surface area contributed by atoms with Gasteiger partial charge in [-0.15, -0.1) is 0 Å². The molecule has 0 aliphatic rings. The van der Waals surface area contributed by atoms with Crippen LogP contribution in [0.25, 0.3) is 0 Å². The van der Waals surface area contributed by atoms with Gasteiger partial charge in [-0.2, -0.15) is 5.10 Å². The van der Waals surface area contributed by atoms with E-state index in [1.807, 2.05) is 13.2 Å². The molecule has 1 heterocycles. The second-order valence-electron chi connectivity index (χ2n) is 4.84. The van der Waals surface area contributed by atoms with Crippen molar-refractivity contribution in [3.63, 3.8) is 0 Å². The zero-order valence-electron chi connectivity index (χ0n) is 11.6. The minimum Gasteiger partial charge on any atom is -0.313 e. The Balaban J connectivity index is 2.22. The zero-order valence-corrected chi connectivity index (χ0v) is 11.6. The lowest BCUT2D eigenvalue weighted by Crippen LogP contribution is -2.13. The van der Waals surface area contributed by atoms with Crippen LogP contribution in [0.1, 0.15) is 35.3 Å². The van der Waals surface area contributed by atoms with Gasteiger partial charge in [0.15, 0.2) is 0 Å². The molecule has 2 rings (SSSR count). The fourth-order valence-corrected chi connectivity index (χ4v) is 2.18. The molecular formula is C15H21N3. The minimum atomic E-state index is 0.344. The lowest BCUT2D eigenvalue weighted by Gasteiger charge is -2.10. The van der Waals surface area contributed by atoms with Crippen molar-refractivity contribution in [2.75, 3.05) is 7.05 Å². The molecule has 2 aromatic rings. The molecule has 0 radical (unpaired) electrons. The SMILES string of the molecule is CNC(C)c1cnn(Cc2cccc(C)c2)c1C. The first-order valence-corrected chi connectivity index (χ1v) is 6.37. The Labute approximate surface area is 109 Å². The van der Waals surface area contributed by atoms with Crippen LogP contribution in [-0.2, 0) is 6.54 Å². The van der Waals surface area contributed by atoms with Crippen molar-refractivity contribution in [3.8, 4) is 0 Å². The average molecular weight is 243 g/mol. The highest BCUT2D eigenvalue weighted by molar-refractivity contribution is 5.25. The molecule has 0 aliphatic heterocycles.